The number of aryl methyl sites for hydroxylation is 1. The lowest BCUT2D eigenvalue weighted by Crippen LogP contribution is -2.37. The van der Waals surface area contributed by atoms with E-state index in [4.69, 9.17) is 18.6 Å². The number of amides is 2. The van der Waals surface area contributed by atoms with Gasteiger partial charge in [0, 0.05) is 6.07 Å². The van der Waals surface area contributed by atoms with E-state index in [0.717, 1.165) is 16.0 Å². The summed E-state index contributed by atoms with van der Waals surface area (Å²) in [6.45, 7) is 1.90. The summed E-state index contributed by atoms with van der Waals surface area (Å²) < 4.78 is 21.7. The maximum atomic E-state index is 13.3. The maximum absolute atomic E-state index is 13.3. The maximum Gasteiger partial charge on any atom is 0.421 e. The van der Waals surface area contributed by atoms with Gasteiger partial charge < -0.3 is 18.6 Å². The van der Waals surface area contributed by atoms with Gasteiger partial charge >= 0.3 is 6.09 Å². The van der Waals surface area contributed by atoms with Gasteiger partial charge in [-0.1, -0.05) is 30.3 Å². The quantitative estimate of drug-likeness (QED) is 0.405. The van der Waals surface area contributed by atoms with E-state index >= 15 is 0 Å². The third-order valence-electron chi connectivity index (χ3n) is 5.02. The SMILES string of the molecule is COC(=O)N(C(=O)c1ccc(OCc2nc3ccccc3o2)cc1OC)c1ccccc1C. The lowest BCUT2D eigenvalue weighted by atomic mass is 10.1. The third-order valence-corrected chi connectivity index (χ3v) is 5.02. The monoisotopic (exact) mass is 446 g/mol. The Labute approximate surface area is 190 Å². The fourth-order valence-electron chi connectivity index (χ4n) is 3.38. The molecule has 168 valence electrons. The Kier molecular flexibility index (Phi) is 6.26. The molecule has 0 saturated carbocycles. The minimum absolute atomic E-state index is 0.0998. The molecule has 0 radical (unpaired) electrons. The molecule has 4 rings (SSSR count). The van der Waals surface area contributed by atoms with Gasteiger partial charge in [-0.25, -0.2) is 14.7 Å². The van der Waals surface area contributed by atoms with Gasteiger partial charge in [0.2, 0.25) is 5.89 Å². The number of benzene rings is 3. The number of hydrogen-bond donors (Lipinski definition) is 0. The Hall–Kier alpha value is -4.33. The molecule has 2 amide bonds. The van der Waals surface area contributed by atoms with Crippen molar-refractivity contribution in [1.82, 2.24) is 4.98 Å². The van der Waals surface area contributed by atoms with E-state index in [0.29, 0.717) is 22.9 Å². The molecule has 0 spiro atoms. The van der Waals surface area contributed by atoms with E-state index in [1.165, 1.54) is 20.3 Å². The molecule has 0 aliphatic rings. The number of methoxy groups -OCH3 is 2. The molecule has 3 aromatic carbocycles. The van der Waals surface area contributed by atoms with Crippen LogP contribution in [0.15, 0.2) is 71.1 Å². The predicted octanol–water partition coefficient (Wildman–Crippen LogP) is 5.14. The van der Waals surface area contributed by atoms with Gasteiger partial charge in [-0.3, -0.25) is 4.79 Å². The first-order chi connectivity index (χ1) is 16.0. The molecular weight excluding hydrogens is 424 g/mol. The van der Waals surface area contributed by atoms with Crippen molar-refractivity contribution in [2.75, 3.05) is 19.1 Å². The summed E-state index contributed by atoms with van der Waals surface area (Å²) in [4.78, 5) is 31.2. The van der Waals surface area contributed by atoms with Crippen molar-refractivity contribution in [2.24, 2.45) is 0 Å². The van der Waals surface area contributed by atoms with Crippen LogP contribution in [0.25, 0.3) is 11.1 Å². The number of imide groups is 1. The highest BCUT2D eigenvalue weighted by atomic mass is 16.5. The molecule has 0 fully saturated rings. The van der Waals surface area contributed by atoms with Gasteiger partial charge in [0.15, 0.2) is 12.2 Å². The largest absolute Gasteiger partial charge is 0.496 e. The molecule has 0 aliphatic carbocycles. The first kappa shape index (κ1) is 21.9. The molecule has 4 aromatic rings. The van der Waals surface area contributed by atoms with Crippen molar-refractivity contribution in [3.05, 3.63) is 83.7 Å². The summed E-state index contributed by atoms with van der Waals surface area (Å²) in [5.74, 6) is 0.536. The summed E-state index contributed by atoms with van der Waals surface area (Å²) in [5.41, 5.74) is 2.77. The van der Waals surface area contributed by atoms with E-state index in [1.807, 2.05) is 30.3 Å². The minimum atomic E-state index is -0.798. The lowest BCUT2D eigenvalue weighted by Gasteiger charge is -2.22. The summed E-state index contributed by atoms with van der Waals surface area (Å²) in [5, 5.41) is 0. The molecule has 0 N–H and O–H groups in total. The van der Waals surface area contributed by atoms with Crippen LogP contribution in [-0.2, 0) is 11.3 Å². The fraction of sp³-hybridized carbons (Fsp3) is 0.160. The molecule has 1 heterocycles. The molecule has 0 unspecified atom stereocenters. The average Bonchev–Trinajstić information content (AvgIpc) is 3.26. The topological polar surface area (TPSA) is 91.1 Å². The van der Waals surface area contributed by atoms with Gasteiger partial charge in [-0.15, -0.1) is 0 Å². The van der Waals surface area contributed by atoms with Gasteiger partial charge in [0.05, 0.1) is 25.5 Å². The van der Waals surface area contributed by atoms with Crippen molar-refractivity contribution in [2.45, 2.75) is 13.5 Å². The van der Waals surface area contributed by atoms with Gasteiger partial charge in [-0.2, -0.15) is 0 Å². The molecule has 1 aromatic heterocycles. The van der Waals surface area contributed by atoms with E-state index in [9.17, 15) is 9.59 Å². The molecule has 33 heavy (non-hydrogen) atoms. The zero-order chi connectivity index (χ0) is 23.4. The smallest absolute Gasteiger partial charge is 0.421 e. The number of ether oxygens (including phenoxy) is 3. The van der Waals surface area contributed by atoms with Crippen LogP contribution in [-0.4, -0.2) is 31.2 Å². The van der Waals surface area contributed by atoms with Crippen LogP contribution in [0.2, 0.25) is 0 Å². The first-order valence-corrected chi connectivity index (χ1v) is 10.1. The van der Waals surface area contributed by atoms with Gasteiger partial charge in [-0.05, 0) is 42.8 Å². The number of carbonyl (C=O) groups excluding carboxylic acids is 2. The number of aromatic nitrogens is 1. The van der Waals surface area contributed by atoms with Crippen LogP contribution >= 0.6 is 0 Å². The van der Waals surface area contributed by atoms with Crippen LogP contribution in [0.5, 0.6) is 11.5 Å². The van der Waals surface area contributed by atoms with Crippen LogP contribution in [0.1, 0.15) is 21.8 Å². The summed E-state index contributed by atoms with van der Waals surface area (Å²) >= 11 is 0. The highest BCUT2D eigenvalue weighted by molar-refractivity contribution is 6.20. The number of anilines is 1. The van der Waals surface area contributed by atoms with Crippen molar-refractivity contribution in [3.63, 3.8) is 0 Å². The number of nitrogens with zero attached hydrogens (tertiary/aromatic N) is 2. The third kappa shape index (κ3) is 4.50. The molecular formula is C25H22N2O6. The Morgan fingerprint density at radius 2 is 1.76 bits per heavy atom. The molecule has 8 heteroatoms. The Morgan fingerprint density at radius 1 is 1.00 bits per heavy atom. The normalized spacial score (nSPS) is 10.6. The Morgan fingerprint density at radius 3 is 2.48 bits per heavy atom. The number of carbonyl (C=O) groups is 2. The minimum Gasteiger partial charge on any atom is -0.496 e. The van der Waals surface area contributed by atoms with Gasteiger partial charge in [0.1, 0.15) is 17.0 Å². The van der Waals surface area contributed by atoms with E-state index in [2.05, 4.69) is 4.98 Å². The number of oxazole rings is 1. The molecule has 0 saturated heterocycles. The van der Waals surface area contributed by atoms with Crippen LogP contribution in [0.3, 0.4) is 0 Å². The standard InChI is InChI=1S/C25H22N2O6/c1-16-8-4-6-10-20(16)27(25(29)31-3)24(28)18-13-12-17(14-22(18)30-2)32-15-23-26-19-9-5-7-11-21(19)33-23/h4-14H,15H2,1-3H3. The Balaban J connectivity index is 1.59. The van der Waals surface area contributed by atoms with E-state index in [1.54, 1.807) is 37.3 Å². The summed E-state index contributed by atoms with van der Waals surface area (Å²) in [7, 11) is 2.66. The molecule has 8 nitrogen and oxygen atoms in total. The van der Waals surface area contributed by atoms with Crippen molar-refractivity contribution >= 4 is 28.8 Å². The first-order valence-electron chi connectivity index (χ1n) is 10.1. The lowest BCUT2D eigenvalue weighted by molar-refractivity contribution is 0.0972. The predicted molar refractivity (Wildman–Crippen MR) is 122 cm³/mol. The zero-order valence-corrected chi connectivity index (χ0v) is 18.4. The van der Waals surface area contributed by atoms with Crippen molar-refractivity contribution in [3.8, 4) is 11.5 Å². The second kappa shape index (κ2) is 9.44. The second-order valence-corrected chi connectivity index (χ2v) is 7.12. The van der Waals surface area contributed by atoms with Crippen LogP contribution < -0.4 is 14.4 Å². The molecule has 0 atom stereocenters. The van der Waals surface area contributed by atoms with Crippen molar-refractivity contribution < 1.29 is 28.2 Å². The van der Waals surface area contributed by atoms with Crippen LogP contribution in [0.4, 0.5) is 10.5 Å². The molecule has 0 bridgehead atoms. The van der Waals surface area contributed by atoms with Gasteiger partial charge in [0.25, 0.3) is 5.91 Å². The summed E-state index contributed by atoms with van der Waals surface area (Å²) in [6.07, 6.45) is -0.798. The highest BCUT2D eigenvalue weighted by Gasteiger charge is 2.29. The molecule has 0 aliphatic heterocycles. The number of fused-ring (bicyclic) bond motifs is 1. The summed E-state index contributed by atoms with van der Waals surface area (Å²) in [6, 6.07) is 19.2. The zero-order valence-electron chi connectivity index (χ0n) is 18.4. The Bertz CT molecular complexity index is 1280. The van der Waals surface area contributed by atoms with E-state index in [-0.39, 0.29) is 17.9 Å². The average molecular weight is 446 g/mol. The number of rotatable bonds is 6. The van der Waals surface area contributed by atoms with Crippen LogP contribution in [0, 0.1) is 6.92 Å². The van der Waals surface area contributed by atoms with Crippen molar-refractivity contribution in [1.29, 1.82) is 0 Å². The second-order valence-electron chi connectivity index (χ2n) is 7.12. The van der Waals surface area contributed by atoms with E-state index < -0.39 is 12.0 Å². The highest BCUT2D eigenvalue weighted by Crippen LogP contribution is 2.30. The number of hydrogen-bond acceptors (Lipinski definition) is 7. The number of para-hydroxylation sites is 3. The fourth-order valence-corrected chi connectivity index (χ4v) is 3.38.